The summed E-state index contributed by atoms with van der Waals surface area (Å²) in [6.45, 7) is 2.11. The van der Waals surface area contributed by atoms with E-state index in [4.69, 9.17) is 0 Å². The number of hydrogen-bond donors (Lipinski definition) is 1. The number of carbonyl (C=O) groups excluding carboxylic acids is 1. The van der Waals surface area contributed by atoms with Crippen LogP contribution in [0.25, 0.3) is 5.69 Å². The molecular weight excluding hydrogens is 322 g/mol. The lowest BCUT2D eigenvalue weighted by atomic mass is 10.1. The van der Waals surface area contributed by atoms with Gasteiger partial charge in [-0.05, 0) is 46.7 Å². The molecule has 0 unspecified atom stereocenters. The standard InChI is InChI=1S/C17H17N5OS/c1-2-13-8-10-15(11-9-13)22-17(19-20-21-22)24-12-16(23)18-14-6-4-3-5-7-14/h3-11H,2,12H2,1H3,(H,18,23). The molecule has 0 saturated carbocycles. The van der Waals surface area contributed by atoms with E-state index in [0.717, 1.165) is 17.8 Å². The topological polar surface area (TPSA) is 72.7 Å². The van der Waals surface area contributed by atoms with Gasteiger partial charge in [0.1, 0.15) is 0 Å². The van der Waals surface area contributed by atoms with Gasteiger partial charge in [-0.15, -0.1) is 5.10 Å². The molecule has 0 radical (unpaired) electrons. The zero-order chi connectivity index (χ0) is 16.8. The molecule has 122 valence electrons. The van der Waals surface area contributed by atoms with Crippen LogP contribution < -0.4 is 5.32 Å². The lowest BCUT2D eigenvalue weighted by Gasteiger charge is -2.06. The summed E-state index contributed by atoms with van der Waals surface area (Å²) in [7, 11) is 0. The fourth-order valence-electron chi connectivity index (χ4n) is 2.15. The number of para-hydroxylation sites is 1. The molecule has 0 atom stereocenters. The van der Waals surface area contributed by atoms with Gasteiger partial charge in [0.2, 0.25) is 11.1 Å². The highest BCUT2D eigenvalue weighted by atomic mass is 32.2. The van der Waals surface area contributed by atoms with E-state index in [9.17, 15) is 4.79 Å². The van der Waals surface area contributed by atoms with E-state index in [1.807, 2.05) is 54.6 Å². The maximum absolute atomic E-state index is 12.0. The van der Waals surface area contributed by atoms with Crippen molar-refractivity contribution in [2.24, 2.45) is 0 Å². The number of anilines is 1. The molecule has 0 aliphatic carbocycles. The zero-order valence-electron chi connectivity index (χ0n) is 13.2. The highest BCUT2D eigenvalue weighted by molar-refractivity contribution is 7.99. The number of amides is 1. The van der Waals surface area contributed by atoms with Crippen molar-refractivity contribution in [3.63, 3.8) is 0 Å². The van der Waals surface area contributed by atoms with Gasteiger partial charge in [-0.2, -0.15) is 4.68 Å². The molecule has 7 heteroatoms. The van der Waals surface area contributed by atoms with Crippen LogP contribution in [-0.4, -0.2) is 31.9 Å². The van der Waals surface area contributed by atoms with Gasteiger partial charge < -0.3 is 5.32 Å². The Morgan fingerprint density at radius 3 is 2.58 bits per heavy atom. The van der Waals surface area contributed by atoms with Crippen LogP contribution in [0.1, 0.15) is 12.5 Å². The maximum atomic E-state index is 12.0. The molecule has 1 heterocycles. The monoisotopic (exact) mass is 339 g/mol. The predicted octanol–water partition coefficient (Wildman–Crippen LogP) is 2.96. The molecule has 3 rings (SSSR count). The first-order valence-corrected chi connectivity index (χ1v) is 8.60. The molecule has 0 spiro atoms. The minimum absolute atomic E-state index is 0.0953. The third kappa shape index (κ3) is 3.99. The summed E-state index contributed by atoms with van der Waals surface area (Å²) in [5.74, 6) is 0.143. The van der Waals surface area contributed by atoms with Crippen molar-refractivity contribution in [3.8, 4) is 5.69 Å². The Labute approximate surface area is 144 Å². The molecule has 3 aromatic rings. The number of tetrazole rings is 1. The second kappa shape index (κ2) is 7.74. The number of hydrogen-bond acceptors (Lipinski definition) is 5. The number of aryl methyl sites for hydroxylation is 1. The minimum Gasteiger partial charge on any atom is -0.325 e. The fraction of sp³-hybridized carbons (Fsp3) is 0.176. The van der Waals surface area contributed by atoms with Crippen molar-refractivity contribution in [2.75, 3.05) is 11.1 Å². The van der Waals surface area contributed by atoms with Crippen molar-refractivity contribution >= 4 is 23.4 Å². The molecule has 1 aromatic heterocycles. The zero-order valence-corrected chi connectivity index (χ0v) is 14.0. The van der Waals surface area contributed by atoms with E-state index in [1.165, 1.54) is 17.3 Å². The Morgan fingerprint density at radius 1 is 1.12 bits per heavy atom. The largest absolute Gasteiger partial charge is 0.325 e. The van der Waals surface area contributed by atoms with E-state index >= 15 is 0 Å². The summed E-state index contributed by atoms with van der Waals surface area (Å²) in [6, 6.07) is 17.4. The van der Waals surface area contributed by atoms with Crippen molar-refractivity contribution in [1.82, 2.24) is 20.2 Å². The second-order valence-corrected chi connectivity index (χ2v) is 6.04. The van der Waals surface area contributed by atoms with Crippen molar-refractivity contribution < 1.29 is 4.79 Å². The molecule has 6 nitrogen and oxygen atoms in total. The molecule has 0 saturated heterocycles. The molecule has 0 aliphatic heterocycles. The SMILES string of the molecule is CCc1ccc(-n2nnnc2SCC(=O)Nc2ccccc2)cc1. The smallest absolute Gasteiger partial charge is 0.234 e. The van der Waals surface area contributed by atoms with E-state index < -0.39 is 0 Å². The lowest BCUT2D eigenvalue weighted by Crippen LogP contribution is -2.14. The Hall–Kier alpha value is -2.67. The average molecular weight is 339 g/mol. The Balaban J connectivity index is 1.64. The molecule has 0 fully saturated rings. The Kier molecular flexibility index (Phi) is 5.22. The van der Waals surface area contributed by atoms with Gasteiger partial charge in [0.05, 0.1) is 11.4 Å². The number of nitrogens with one attached hydrogen (secondary N) is 1. The molecular formula is C17H17N5OS. The normalized spacial score (nSPS) is 10.5. The van der Waals surface area contributed by atoms with Crippen molar-refractivity contribution in [1.29, 1.82) is 0 Å². The van der Waals surface area contributed by atoms with Crippen LogP contribution in [0.2, 0.25) is 0 Å². The molecule has 2 aromatic carbocycles. The first-order valence-electron chi connectivity index (χ1n) is 7.61. The number of carbonyl (C=O) groups is 1. The van der Waals surface area contributed by atoms with Crippen LogP contribution >= 0.6 is 11.8 Å². The quantitative estimate of drug-likeness (QED) is 0.699. The summed E-state index contributed by atoms with van der Waals surface area (Å²) in [5.41, 5.74) is 2.91. The Bertz CT molecular complexity index is 801. The van der Waals surface area contributed by atoms with Crippen molar-refractivity contribution in [3.05, 3.63) is 60.2 Å². The highest BCUT2D eigenvalue weighted by Gasteiger charge is 2.11. The van der Waals surface area contributed by atoms with Crippen LogP contribution in [0, 0.1) is 0 Å². The van der Waals surface area contributed by atoms with Crippen LogP contribution in [0.4, 0.5) is 5.69 Å². The fourth-order valence-corrected chi connectivity index (χ4v) is 2.84. The molecule has 1 amide bonds. The molecule has 0 aliphatic rings. The first-order chi connectivity index (χ1) is 11.8. The number of benzene rings is 2. The lowest BCUT2D eigenvalue weighted by molar-refractivity contribution is -0.113. The maximum Gasteiger partial charge on any atom is 0.234 e. The van der Waals surface area contributed by atoms with E-state index in [0.29, 0.717) is 5.16 Å². The highest BCUT2D eigenvalue weighted by Crippen LogP contribution is 2.19. The van der Waals surface area contributed by atoms with E-state index in [2.05, 4.69) is 27.8 Å². The molecule has 1 N–H and O–H groups in total. The summed E-state index contributed by atoms with van der Waals surface area (Å²) >= 11 is 1.30. The van der Waals surface area contributed by atoms with Gasteiger partial charge >= 0.3 is 0 Å². The number of nitrogens with zero attached hydrogens (tertiary/aromatic N) is 4. The van der Waals surface area contributed by atoms with E-state index in [-0.39, 0.29) is 11.7 Å². The predicted molar refractivity (Wildman–Crippen MR) is 94.3 cm³/mol. The molecule has 24 heavy (non-hydrogen) atoms. The van der Waals surface area contributed by atoms with Gasteiger partial charge in [-0.1, -0.05) is 49.0 Å². The van der Waals surface area contributed by atoms with Crippen LogP contribution in [0.5, 0.6) is 0 Å². The van der Waals surface area contributed by atoms with Gasteiger partial charge in [0.15, 0.2) is 0 Å². The third-order valence-corrected chi connectivity index (χ3v) is 4.34. The third-order valence-electron chi connectivity index (χ3n) is 3.42. The van der Waals surface area contributed by atoms with Gasteiger partial charge in [0.25, 0.3) is 0 Å². The average Bonchev–Trinajstić information content (AvgIpc) is 3.09. The van der Waals surface area contributed by atoms with Gasteiger partial charge in [-0.3, -0.25) is 4.79 Å². The summed E-state index contributed by atoms with van der Waals surface area (Å²) in [4.78, 5) is 12.0. The first kappa shape index (κ1) is 16.2. The van der Waals surface area contributed by atoms with Crippen LogP contribution in [0.15, 0.2) is 59.8 Å². The second-order valence-electron chi connectivity index (χ2n) is 5.10. The number of rotatable bonds is 6. The van der Waals surface area contributed by atoms with Crippen LogP contribution in [-0.2, 0) is 11.2 Å². The summed E-state index contributed by atoms with van der Waals surface area (Å²) < 4.78 is 1.64. The van der Waals surface area contributed by atoms with Gasteiger partial charge in [-0.25, -0.2) is 0 Å². The Morgan fingerprint density at radius 2 is 1.88 bits per heavy atom. The van der Waals surface area contributed by atoms with E-state index in [1.54, 1.807) is 4.68 Å². The van der Waals surface area contributed by atoms with Crippen LogP contribution in [0.3, 0.4) is 0 Å². The number of thioether (sulfide) groups is 1. The summed E-state index contributed by atoms with van der Waals surface area (Å²) in [5, 5.41) is 15.1. The number of aromatic nitrogens is 4. The van der Waals surface area contributed by atoms with Gasteiger partial charge in [0, 0.05) is 5.69 Å². The summed E-state index contributed by atoms with van der Waals surface area (Å²) in [6.07, 6.45) is 0.983. The van der Waals surface area contributed by atoms with Crippen molar-refractivity contribution in [2.45, 2.75) is 18.5 Å². The minimum atomic E-state index is -0.0953. The molecule has 0 bridgehead atoms.